The van der Waals surface area contributed by atoms with E-state index < -0.39 is 0 Å². The van der Waals surface area contributed by atoms with E-state index >= 15 is 0 Å². The number of ether oxygens (including phenoxy) is 1. The van der Waals surface area contributed by atoms with Crippen molar-refractivity contribution in [3.8, 4) is 11.3 Å². The van der Waals surface area contributed by atoms with Crippen LogP contribution in [0.4, 0.5) is 5.69 Å². The first-order valence-corrected chi connectivity index (χ1v) is 7.01. The van der Waals surface area contributed by atoms with Gasteiger partial charge >= 0.3 is 0 Å². The number of amides is 1. The largest absolute Gasteiger partial charge is 0.375 e. The molecule has 0 aliphatic rings. The fraction of sp³-hybridized carbons (Fsp3) is 0.176. The van der Waals surface area contributed by atoms with Crippen LogP contribution >= 0.6 is 0 Å². The van der Waals surface area contributed by atoms with Gasteiger partial charge in [-0.1, -0.05) is 18.2 Å². The lowest BCUT2D eigenvalue weighted by atomic mass is 10.1. The summed E-state index contributed by atoms with van der Waals surface area (Å²) in [6.07, 6.45) is 3.96. The number of aromatic nitrogens is 2. The third kappa shape index (κ3) is 2.84. The molecule has 0 saturated heterocycles. The number of aryl methyl sites for hydroxylation is 1. The van der Waals surface area contributed by atoms with Gasteiger partial charge in [-0.25, -0.2) is 4.98 Å². The molecule has 2 aromatic heterocycles. The minimum absolute atomic E-state index is 0.0395. The molecule has 0 radical (unpaired) electrons. The second-order valence-corrected chi connectivity index (χ2v) is 5.11. The smallest absolute Gasteiger partial charge is 0.250 e. The van der Waals surface area contributed by atoms with Gasteiger partial charge in [0.05, 0.1) is 5.69 Å². The Kier molecular flexibility index (Phi) is 3.89. The molecule has 5 nitrogen and oxygen atoms in total. The summed E-state index contributed by atoms with van der Waals surface area (Å²) in [4.78, 5) is 16.3. The molecular weight excluding hydrogens is 278 g/mol. The molecular formula is C17H17N3O2. The molecule has 5 heteroatoms. The zero-order chi connectivity index (χ0) is 15.5. The quantitative estimate of drug-likeness (QED) is 0.805. The third-order valence-corrected chi connectivity index (χ3v) is 3.40. The zero-order valence-corrected chi connectivity index (χ0v) is 12.5. The molecule has 1 aromatic carbocycles. The Labute approximate surface area is 128 Å². The van der Waals surface area contributed by atoms with Gasteiger partial charge in [-0.05, 0) is 30.7 Å². The number of anilines is 1. The summed E-state index contributed by atoms with van der Waals surface area (Å²) in [6, 6.07) is 11.7. The van der Waals surface area contributed by atoms with E-state index in [-0.39, 0.29) is 12.5 Å². The molecule has 0 spiro atoms. The van der Waals surface area contributed by atoms with Crippen molar-refractivity contribution in [3.63, 3.8) is 0 Å². The first-order chi connectivity index (χ1) is 10.7. The Morgan fingerprint density at radius 2 is 2.18 bits per heavy atom. The van der Waals surface area contributed by atoms with E-state index in [0.29, 0.717) is 0 Å². The molecule has 112 valence electrons. The summed E-state index contributed by atoms with van der Waals surface area (Å²) < 4.78 is 6.82. The molecule has 0 bridgehead atoms. The first kappa shape index (κ1) is 14.3. The Hall–Kier alpha value is -2.66. The van der Waals surface area contributed by atoms with Gasteiger partial charge in [0.15, 0.2) is 0 Å². The summed E-state index contributed by atoms with van der Waals surface area (Å²) in [5.74, 6) is -0.175. The van der Waals surface area contributed by atoms with Crippen LogP contribution in [0.3, 0.4) is 0 Å². The second-order valence-electron chi connectivity index (χ2n) is 5.11. The normalized spacial score (nSPS) is 10.8. The van der Waals surface area contributed by atoms with Gasteiger partial charge in [-0.15, -0.1) is 0 Å². The summed E-state index contributed by atoms with van der Waals surface area (Å²) in [7, 11) is 1.50. The summed E-state index contributed by atoms with van der Waals surface area (Å²) in [6.45, 7) is 2.07. The van der Waals surface area contributed by atoms with Crippen LogP contribution in [0.5, 0.6) is 0 Å². The maximum absolute atomic E-state index is 11.6. The number of rotatable bonds is 4. The van der Waals surface area contributed by atoms with Crippen molar-refractivity contribution >= 4 is 17.2 Å². The van der Waals surface area contributed by atoms with Crippen LogP contribution in [-0.4, -0.2) is 29.0 Å². The average molecular weight is 295 g/mol. The maximum Gasteiger partial charge on any atom is 0.250 e. The zero-order valence-electron chi connectivity index (χ0n) is 12.5. The number of imidazole rings is 1. The highest BCUT2D eigenvalue weighted by atomic mass is 16.5. The van der Waals surface area contributed by atoms with Crippen LogP contribution in [0.1, 0.15) is 5.56 Å². The van der Waals surface area contributed by atoms with E-state index in [1.54, 1.807) is 0 Å². The van der Waals surface area contributed by atoms with Crippen molar-refractivity contribution in [2.24, 2.45) is 0 Å². The monoisotopic (exact) mass is 295 g/mol. The Morgan fingerprint density at radius 3 is 2.95 bits per heavy atom. The molecule has 0 fully saturated rings. The number of nitrogens with zero attached hydrogens (tertiary/aromatic N) is 2. The fourth-order valence-electron chi connectivity index (χ4n) is 2.38. The average Bonchev–Trinajstić information content (AvgIpc) is 2.93. The van der Waals surface area contributed by atoms with Crippen LogP contribution in [-0.2, 0) is 9.53 Å². The molecule has 0 atom stereocenters. The highest BCUT2D eigenvalue weighted by molar-refractivity contribution is 5.92. The maximum atomic E-state index is 11.6. The van der Waals surface area contributed by atoms with Gasteiger partial charge < -0.3 is 14.5 Å². The Balaban J connectivity index is 1.93. The van der Waals surface area contributed by atoms with E-state index in [9.17, 15) is 4.79 Å². The van der Waals surface area contributed by atoms with Crippen molar-refractivity contribution < 1.29 is 9.53 Å². The third-order valence-electron chi connectivity index (χ3n) is 3.40. The summed E-state index contributed by atoms with van der Waals surface area (Å²) in [5.41, 5.74) is 4.62. The van der Waals surface area contributed by atoms with E-state index in [4.69, 9.17) is 4.74 Å². The highest BCUT2D eigenvalue weighted by Crippen LogP contribution is 2.23. The van der Waals surface area contributed by atoms with Crippen molar-refractivity contribution in [3.05, 3.63) is 54.4 Å². The molecule has 0 saturated carbocycles. The minimum atomic E-state index is -0.175. The minimum Gasteiger partial charge on any atom is -0.375 e. The van der Waals surface area contributed by atoms with Gasteiger partial charge in [0.1, 0.15) is 12.3 Å². The van der Waals surface area contributed by atoms with Crippen molar-refractivity contribution in [1.82, 2.24) is 9.38 Å². The lowest BCUT2D eigenvalue weighted by Gasteiger charge is -2.05. The number of carbonyl (C=O) groups excluding carboxylic acids is 1. The molecule has 22 heavy (non-hydrogen) atoms. The lowest BCUT2D eigenvalue weighted by Crippen LogP contribution is -2.16. The van der Waals surface area contributed by atoms with E-state index in [0.717, 1.165) is 28.2 Å². The van der Waals surface area contributed by atoms with Gasteiger partial charge in [0.25, 0.3) is 0 Å². The number of carbonyl (C=O) groups is 1. The summed E-state index contributed by atoms with van der Waals surface area (Å²) in [5, 5.41) is 2.80. The second kappa shape index (κ2) is 5.99. The number of hydrogen-bond donors (Lipinski definition) is 1. The van der Waals surface area contributed by atoms with E-state index in [1.807, 2.05) is 60.1 Å². The number of methoxy groups -OCH3 is 1. The van der Waals surface area contributed by atoms with Gasteiger partial charge in [0, 0.05) is 30.8 Å². The van der Waals surface area contributed by atoms with Crippen molar-refractivity contribution in [1.29, 1.82) is 0 Å². The number of benzene rings is 1. The number of pyridine rings is 1. The number of fused-ring (bicyclic) bond motifs is 1. The SMILES string of the molecule is COCC(=O)Nc1cccc(-c2cn3cccc(C)c3n2)c1. The lowest BCUT2D eigenvalue weighted by molar-refractivity contribution is -0.119. The van der Waals surface area contributed by atoms with E-state index in [1.165, 1.54) is 7.11 Å². The van der Waals surface area contributed by atoms with Crippen LogP contribution in [0.25, 0.3) is 16.9 Å². The predicted octanol–water partition coefficient (Wildman–Crippen LogP) is 2.89. The Bertz CT molecular complexity index is 824. The molecule has 3 rings (SSSR count). The van der Waals surface area contributed by atoms with Crippen LogP contribution in [0, 0.1) is 6.92 Å². The summed E-state index contributed by atoms with van der Waals surface area (Å²) >= 11 is 0. The van der Waals surface area contributed by atoms with Crippen LogP contribution in [0.15, 0.2) is 48.8 Å². The first-order valence-electron chi connectivity index (χ1n) is 7.01. The molecule has 3 aromatic rings. The number of nitrogens with one attached hydrogen (secondary N) is 1. The van der Waals surface area contributed by atoms with E-state index in [2.05, 4.69) is 10.3 Å². The van der Waals surface area contributed by atoms with Gasteiger partial charge in [-0.3, -0.25) is 4.79 Å². The fourth-order valence-corrected chi connectivity index (χ4v) is 2.38. The van der Waals surface area contributed by atoms with Gasteiger partial charge in [0.2, 0.25) is 5.91 Å². The van der Waals surface area contributed by atoms with Gasteiger partial charge in [-0.2, -0.15) is 0 Å². The molecule has 0 unspecified atom stereocenters. The molecule has 0 aliphatic heterocycles. The van der Waals surface area contributed by atoms with Crippen molar-refractivity contribution in [2.45, 2.75) is 6.92 Å². The highest BCUT2D eigenvalue weighted by Gasteiger charge is 2.08. The topological polar surface area (TPSA) is 55.6 Å². The number of hydrogen-bond acceptors (Lipinski definition) is 3. The molecule has 0 aliphatic carbocycles. The van der Waals surface area contributed by atoms with Crippen molar-refractivity contribution in [2.75, 3.05) is 19.0 Å². The van der Waals surface area contributed by atoms with Crippen LogP contribution in [0.2, 0.25) is 0 Å². The van der Waals surface area contributed by atoms with Crippen LogP contribution < -0.4 is 5.32 Å². The Morgan fingerprint density at radius 1 is 1.32 bits per heavy atom. The predicted molar refractivity (Wildman–Crippen MR) is 85.9 cm³/mol. The standard InChI is InChI=1S/C17H17N3O2/c1-12-5-4-8-20-10-15(19-17(12)20)13-6-3-7-14(9-13)18-16(21)11-22-2/h3-10H,11H2,1-2H3,(H,18,21). The molecule has 1 N–H and O–H groups in total. The molecule has 1 amide bonds. The molecule has 2 heterocycles.